The summed E-state index contributed by atoms with van der Waals surface area (Å²) >= 11 is 0. The summed E-state index contributed by atoms with van der Waals surface area (Å²) in [7, 11) is 0. The molecule has 7 aromatic carbocycles. The predicted molar refractivity (Wildman–Crippen MR) is 252 cm³/mol. The van der Waals surface area contributed by atoms with Crippen LogP contribution in [0, 0.1) is 0 Å². The number of hydrogen-bond acceptors (Lipinski definition) is 3. The van der Waals surface area contributed by atoms with Gasteiger partial charge in [0, 0.05) is 44.2 Å². The molecule has 0 atom stereocenters. The van der Waals surface area contributed by atoms with Crippen LogP contribution in [0.2, 0.25) is 0 Å². The zero-order chi connectivity index (χ0) is 40.8. The van der Waals surface area contributed by atoms with E-state index in [1.54, 1.807) is 0 Å². The second-order valence-electron chi connectivity index (χ2n) is 20.7. The van der Waals surface area contributed by atoms with E-state index in [9.17, 15) is 0 Å². The van der Waals surface area contributed by atoms with Gasteiger partial charge >= 0.3 is 6.85 Å². The fraction of sp³-hybridized carbons (Fsp3) is 0.250. The van der Waals surface area contributed by atoms with E-state index in [0.717, 1.165) is 16.6 Å². The van der Waals surface area contributed by atoms with E-state index in [2.05, 4.69) is 192 Å². The molecule has 13 rings (SSSR count). The molecule has 3 aliphatic heterocycles. The lowest BCUT2D eigenvalue weighted by atomic mass is 9.42. The SMILES string of the molecule is CC1(C)CCC(C)(C)c2cc(N3B4c5cccc6c5N(c5ccccc5C6(C)C)c5c4c(cc4c5oc5ccccc54)-c4c3ccc3c4-c4ccccc4C3(C)C)ccc21. The van der Waals surface area contributed by atoms with E-state index in [-0.39, 0.29) is 28.5 Å². The molecule has 0 saturated carbocycles. The Morgan fingerprint density at radius 2 is 1.18 bits per heavy atom. The minimum Gasteiger partial charge on any atom is -0.454 e. The summed E-state index contributed by atoms with van der Waals surface area (Å²) in [6, 6.07) is 49.0. The summed E-state index contributed by atoms with van der Waals surface area (Å²) in [5.41, 5.74) is 24.4. The number of rotatable bonds is 1. The highest BCUT2D eigenvalue weighted by molar-refractivity contribution is 6.94. The van der Waals surface area contributed by atoms with Gasteiger partial charge in [-0.05, 0) is 121 Å². The molecule has 4 heteroatoms. The van der Waals surface area contributed by atoms with E-state index < -0.39 is 0 Å². The number of hydrogen-bond donors (Lipinski definition) is 0. The van der Waals surface area contributed by atoms with E-state index in [1.807, 2.05) is 0 Å². The molecule has 0 unspecified atom stereocenters. The van der Waals surface area contributed by atoms with E-state index in [1.165, 1.54) is 113 Å². The van der Waals surface area contributed by atoms with Crippen molar-refractivity contribution in [3.63, 3.8) is 0 Å². The summed E-state index contributed by atoms with van der Waals surface area (Å²) < 4.78 is 7.18. The summed E-state index contributed by atoms with van der Waals surface area (Å²) in [4.78, 5) is 5.34. The zero-order valence-corrected chi connectivity index (χ0v) is 35.9. The third-order valence-electron chi connectivity index (χ3n) is 15.9. The van der Waals surface area contributed by atoms with E-state index in [4.69, 9.17) is 4.42 Å². The van der Waals surface area contributed by atoms with Crippen LogP contribution >= 0.6 is 0 Å². The average Bonchev–Trinajstić information content (AvgIpc) is 3.73. The van der Waals surface area contributed by atoms with Crippen LogP contribution in [-0.2, 0) is 21.7 Å². The third-order valence-corrected chi connectivity index (χ3v) is 15.9. The van der Waals surface area contributed by atoms with Crippen molar-refractivity contribution in [2.24, 2.45) is 0 Å². The largest absolute Gasteiger partial charge is 0.454 e. The van der Waals surface area contributed by atoms with Crippen molar-refractivity contribution in [1.29, 1.82) is 0 Å². The summed E-state index contributed by atoms with van der Waals surface area (Å²) in [6.45, 7) is 19.3. The van der Waals surface area contributed by atoms with E-state index >= 15 is 0 Å². The number of para-hydroxylation sites is 3. The minimum atomic E-state index is -0.213. The number of benzene rings is 7. The number of furan rings is 1. The molecule has 0 N–H and O–H groups in total. The molecule has 292 valence electrons. The normalized spacial score (nSPS) is 18.6. The number of anilines is 5. The fourth-order valence-electron chi connectivity index (χ4n) is 12.6. The van der Waals surface area contributed by atoms with Crippen molar-refractivity contribution >= 4 is 68.1 Å². The summed E-state index contributed by atoms with van der Waals surface area (Å²) in [6.07, 6.45) is 2.36. The van der Waals surface area contributed by atoms with Gasteiger partial charge in [0.2, 0.25) is 0 Å². The van der Waals surface area contributed by atoms with Gasteiger partial charge in [-0.2, -0.15) is 0 Å². The van der Waals surface area contributed by atoms with Crippen LogP contribution in [0.15, 0.2) is 132 Å². The first-order chi connectivity index (χ1) is 28.8. The summed E-state index contributed by atoms with van der Waals surface area (Å²) in [5, 5.41) is 2.33. The second-order valence-corrected chi connectivity index (χ2v) is 20.7. The van der Waals surface area contributed by atoms with Gasteiger partial charge in [0.1, 0.15) is 5.58 Å². The molecule has 0 amide bonds. The average molecular weight is 777 g/mol. The maximum absolute atomic E-state index is 7.18. The molecule has 2 aliphatic carbocycles. The maximum Gasteiger partial charge on any atom is 0.333 e. The van der Waals surface area contributed by atoms with Crippen molar-refractivity contribution in [3.05, 3.63) is 161 Å². The molecule has 0 spiro atoms. The molecule has 0 bridgehead atoms. The van der Waals surface area contributed by atoms with Crippen molar-refractivity contribution in [2.75, 3.05) is 9.71 Å². The Labute approximate surface area is 353 Å². The van der Waals surface area contributed by atoms with Crippen LogP contribution in [0.1, 0.15) is 102 Å². The zero-order valence-electron chi connectivity index (χ0n) is 35.9. The Bertz CT molecular complexity index is 3250. The molecular weight excluding hydrogens is 727 g/mol. The first kappa shape index (κ1) is 34.8. The van der Waals surface area contributed by atoms with Gasteiger partial charge in [-0.1, -0.05) is 146 Å². The molecule has 4 heterocycles. The molecule has 3 nitrogen and oxygen atoms in total. The molecule has 8 aromatic rings. The molecule has 0 saturated heterocycles. The van der Waals surface area contributed by atoms with Crippen molar-refractivity contribution in [3.8, 4) is 22.3 Å². The smallest absolute Gasteiger partial charge is 0.333 e. The Kier molecular flexibility index (Phi) is 6.40. The molecule has 60 heavy (non-hydrogen) atoms. The Balaban J connectivity index is 1.24. The Morgan fingerprint density at radius 3 is 2.02 bits per heavy atom. The molecular formula is C56H49BN2O. The van der Waals surface area contributed by atoms with Crippen LogP contribution in [0.25, 0.3) is 44.2 Å². The predicted octanol–water partition coefficient (Wildman–Crippen LogP) is 13.6. The van der Waals surface area contributed by atoms with Crippen molar-refractivity contribution in [2.45, 2.75) is 89.9 Å². The lowest BCUT2D eigenvalue weighted by Gasteiger charge is -2.50. The standard InChI is InChI=1S/C56H49BN2O/c1-53(2)28-29-54(3,4)42-30-32(24-25-38(42)53)59-45-27-26-40-47(34-17-9-11-18-37(34)55(40,5)6)48(45)36-31-35-33-16-10-14-23-46(33)60-52(35)51-49(36)57(59)43-21-15-20-41-50(43)58(51)44-22-13-12-19-39(44)56(41,7)8/h9-27,30-31H,28-29H2,1-8H3. The van der Waals surface area contributed by atoms with Gasteiger partial charge in [0.05, 0.1) is 11.4 Å². The third kappa shape index (κ3) is 4.08. The van der Waals surface area contributed by atoms with Gasteiger partial charge in [0.15, 0.2) is 5.58 Å². The van der Waals surface area contributed by atoms with Crippen LogP contribution in [0.5, 0.6) is 0 Å². The Morgan fingerprint density at radius 1 is 0.500 bits per heavy atom. The van der Waals surface area contributed by atoms with Gasteiger partial charge in [0.25, 0.3) is 0 Å². The number of fused-ring (bicyclic) bond motifs is 15. The first-order valence-corrected chi connectivity index (χ1v) is 22.0. The highest BCUT2D eigenvalue weighted by atomic mass is 16.3. The maximum atomic E-state index is 7.18. The second kappa shape index (κ2) is 11.0. The quantitative estimate of drug-likeness (QED) is 0.155. The fourth-order valence-corrected chi connectivity index (χ4v) is 12.6. The molecule has 0 radical (unpaired) electrons. The van der Waals surface area contributed by atoms with Crippen LogP contribution < -0.4 is 20.6 Å². The van der Waals surface area contributed by atoms with Gasteiger partial charge in [-0.15, -0.1) is 0 Å². The topological polar surface area (TPSA) is 19.6 Å². The van der Waals surface area contributed by atoms with Crippen LogP contribution in [0.3, 0.4) is 0 Å². The monoisotopic (exact) mass is 776 g/mol. The Hall–Kier alpha value is -6.00. The lowest BCUT2D eigenvalue weighted by molar-refractivity contribution is 0.332. The minimum absolute atomic E-state index is 0.0624. The molecule has 1 aromatic heterocycles. The van der Waals surface area contributed by atoms with Crippen LogP contribution in [-0.4, -0.2) is 6.85 Å². The highest BCUT2D eigenvalue weighted by Crippen LogP contribution is 2.61. The van der Waals surface area contributed by atoms with Crippen LogP contribution in [0.4, 0.5) is 28.4 Å². The van der Waals surface area contributed by atoms with Gasteiger partial charge < -0.3 is 14.1 Å². The van der Waals surface area contributed by atoms with Gasteiger partial charge in [-0.25, -0.2) is 0 Å². The number of nitrogens with zero attached hydrogens (tertiary/aromatic N) is 2. The van der Waals surface area contributed by atoms with Crippen molar-refractivity contribution < 1.29 is 4.42 Å². The molecule has 5 aliphatic rings. The first-order valence-electron chi connectivity index (χ1n) is 22.0. The van der Waals surface area contributed by atoms with Crippen molar-refractivity contribution in [1.82, 2.24) is 0 Å². The summed E-state index contributed by atoms with van der Waals surface area (Å²) in [5.74, 6) is 0. The van der Waals surface area contributed by atoms with E-state index in [0.29, 0.717) is 0 Å². The van der Waals surface area contributed by atoms with Gasteiger partial charge in [-0.3, -0.25) is 0 Å². The lowest BCUT2D eigenvalue weighted by Crippen LogP contribution is -2.62. The molecule has 0 fully saturated rings. The highest BCUT2D eigenvalue weighted by Gasteiger charge is 2.52.